The molecule has 6 heteroatoms. The third-order valence-corrected chi connectivity index (χ3v) is 5.30. The molecule has 1 saturated heterocycles. The highest BCUT2D eigenvalue weighted by Gasteiger charge is 2.25. The Morgan fingerprint density at radius 3 is 2.55 bits per heavy atom. The van der Waals surface area contributed by atoms with Crippen LogP contribution in [-0.4, -0.2) is 38.1 Å². The van der Waals surface area contributed by atoms with Crippen LogP contribution < -0.4 is 5.32 Å². The number of halogens is 1. The molecule has 1 aliphatic rings. The fraction of sp³-hybridized carbons (Fsp3) is 0.571. The molecule has 20 heavy (non-hydrogen) atoms. The SMILES string of the molecule is CC(NC1CCN(S(C)(=O)=O)CC1)c1cccc(Cl)c1. The van der Waals surface area contributed by atoms with E-state index in [1.54, 1.807) is 4.31 Å². The second-order valence-corrected chi connectivity index (χ2v) is 7.80. The summed E-state index contributed by atoms with van der Waals surface area (Å²) in [5.41, 5.74) is 1.16. The molecule has 1 fully saturated rings. The zero-order chi connectivity index (χ0) is 14.8. The van der Waals surface area contributed by atoms with Crippen LogP contribution in [0.25, 0.3) is 0 Å². The van der Waals surface area contributed by atoms with Crippen LogP contribution in [0.15, 0.2) is 24.3 Å². The molecular weight excluding hydrogens is 296 g/mol. The summed E-state index contributed by atoms with van der Waals surface area (Å²) in [4.78, 5) is 0. The average molecular weight is 317 g/mol. The van der Waals surface area contributed by atoms with Crippen LogP contribution >= 0.6 is 11.6 Å². The van der Waals surface area contributed by atoms with Crippen LogP contribution in [0.3, 0.4) is 0 Å². The molecule has 1 atom stereocenters. The number of piperidine rings is 1. The average Bonchev–Trinajstić information content (AvgIpc) is 2.38. The van der Waals surface area contributed by atoms with Gasteiger partial charge in [0, 0.05) is 30.2 Å². The van der Waals surface area contributed by atoms with Gasteiger partial charge in [0.2, 0.25) is 10.0 Å². The van der Waals surface area contributed by atoms with Gasteiger partial charge in [-0.2, -0.15) is 0 Å². The van der Waals surface area contributed by atoms with Crippen LogP contribution in [0.5, 0.6) is 0 Å². The summed E-state index contributed by atoms with van der Waals surface area (Å²) in [6.45, 7) is 3.30. The van der Waals surface area contributed by atoms with E-state index in [9.17, 15) is 8.42 Å². The summed E-state index contributed by atoms with van der Waals surface area (Å²) in [6.07, 6.45) is 2.96. The Morgan fingerprint density at radius 2 is 2.00 bits per heavy atom. The van der Waals surface area contributed by atoms with E-state index in [-0.39, 0.29) is 6.04 Å². The Balaban J connectivity index is 1.89. The molecular formula is C14H21ClN2O2S. The zero-order valence-corrected chi connectivity index (χ0v) is 13.4. The van der Waals surface area contributed by atoms with Gasteiger partial charge in [-0.25, -0.2) is 12.7 Å². The molecule has 0 spiro atoms. The molecule has 0 saturated carbocycles. The molecule has 1 aromatic rings. The quantitative estimate of drug-likeness (QED) is 0.928. The molecule has 0 radical (unpaired) electrons. The standard InChI is InChI=1S/C14H21ClN2O2S/c1-11(12-4-3-5-13(15)10-12)16-14-6-8-17(9-7-14)20(2,18)19/h3-5,10-11,14,16H,6-9H2,1-2H3. The minimum Gasteiger partial charge on any atom is -0.307 e. The molecule has 4 nitrogen and oxygen atoms in total. The van der Waals surface area contributed by atoms with E-state index in [2.05, 4.69) is 18.3 Å². The van der Waals surface area contributed by atoms with Crippen molar-refractivity contribution in [2.45, 2.75) is 31.8 Å². The van der Waals surface area contributed by atoms with Crippen LogP contribution in [0.4, 0.5) is 0 Å². The van der Waals surface area contributed by atoms with Gasteiger partial charge in [0.25, 0.3) is 0 Å². The Morgan fingerprint density at radius 1 is 1.35 bits per heavy atom. The number of hydrogen-bond acceptors (Lipinski definition) is 3. The zero-order valence-electron chi connectivity index (χ0n) is 11.8. The largest absolute Gasteiger partial charge is 0.307 e. The highest BCUT2D eigenvalue weighted by Crippen LogP contribution is 2.20. The van der Waals surface area contributed by atoms with Gasteiger partial charge in [-0.1, -0.05) is 23.7 Å². The lowest BCUT2D eigenvalue weighted by Crippen LogP contribution is -2.45. The Bertz CT molecular complexity index is 554. The van der Waals surface area contributed by atoms with Crippen molar-refractivity contribution in [2.24, 2.45) is 0 Å². The van der Waals surface area contributed by atoms with Crippen LogP contribution in [0, 0.1) is 0 Å². The van der Waals surface area contributed by atoms with Crippen LogP contribution in [0.2, 0.25) is 5.02 Å². The van der Waals surface area contributed by atoms with Gasteiger partial charge in [-0.05, 0) is 37.5 Å². The van der Waals surface area contributed by atoms with Crippen molar-refractivity contribution in [3.8, 4) is 0 Å². The molecule has 1 heterocycles. The molecule has 0 bridgehead atoms. The van der Waals surface area contributed by atoms with E-state index < -0.39 is 10.0 Å². The van der Waals surface area contributed by atoms with E-state index in [0.29, 0.717) is 19.1 Å². The summed E-state index contributed by atoms with van der Waals surface area (Å²) in [6, 6.07) is 8.38. The summed E-state index contributed by atoms with van der Waals surface area (Å²) >= 11 is 6.00. The highest BCUT2D eigenvalue weighted by molar-refractivity contribution is 7.88. The lowest BCUT2D eigenvalue weighted by Gasteiger charge is -2.32. The topological polar surface area (TPSA) is 49.4 Å². The van der Waals surface area contributed by atoms with Crippen molar-refractivity contribution in [3.63, 3.8) is 0 Å². The summed E-state index contributed by atoms with van der Waals surface area (Å²) in [7, 11) is -3.05. The number of nitrogens with one attached hydrogen (secondary N) is 1. The first-order valence-corrected chi connectivity index (χ1v) is 9.05. The van der Waals surface area contributed by atoms with Gasteiger partial charge >= 0.3 is 0 Å². The van der Waals surface area contributed by atoms with Crippen molar-refractivity contribution in [1.29, 1.82) is 0 Å². The first-order chi connectivity index (χ1) is 9.36. The lowest BCUT2D eigenvalue weighted by molar-refractivity contribution is 0.278. The number of sulfonamides is 1. The van der Waals surface area contributed by atoms with Crippen molar-refractivity contribution < 1.29 is 8.42 Å². The van der Waals surface area contributed by atoms with E-state index in [1.807, 2.05) is 18.2 Å². The molecule has 0 amide bonds. The van der Waals surface area contributed by atoms with E-state index in [0.717, 1.165) is 23.4 Å². The first-order valence-electron chi connectivity index (χ1n) is 6.83. The van der Waals surface area contributed by atoms with Crippen molar-refractivity contribution >= 4 is 21.6 Å². The van der Waals surface area contributed by atoms with Crippen molar-refractivity contribution in [2.75, 3.05) is 19.3 Å². The first kappa shape index (κ1) is 15.8. The molecule has 0 aliphatic carbocycles. The molecule has 1 N–H and O–H groups in total. The van der Waals surface area contributed by atoms with E-state index in [4.69, 9.17) is 11.6 Å². The Labute approximate surface area is 126 Å². The van der Waals surface area contributed by atoms with Gasteiger partial charge in [0.05, 0.1) is 6.26 Å². The maximum atomic E-state index is 11.5. The fourth-order valence-electron chi connectivity index (χ4n) is 2.58. The fourth-order valence-corrected chi connectivity index (χ4v) is 3.65. The number of hydrogen-bond donors (Lipinski definition) is 1. The normalized spacial score (nSPS) is 19.9. The second kappa shape index (κ2) is 6.43. The second-order valence-electron chi connectivity index (χ2n) is 5.38. The van der Waals surface area contributed by atoms with Gasteiger partial charge in [0.15, 0.2) is 0 Å². The Kier molecular flexibility index (Phi) is 5.07. The maximum absolute atomic E-state index is 11.5. The van der Waals surface area contributed by atoms with Crippen molar-refractivity contribution in [3.05, 3.63) is 34.9 Å². The predicted molar refractivity (Wildman–Crippen MR) is 82.4 cm³/mol. The molecule has 0 aromatic heterocycles. The minimum absolute atomic E-state index is 0.212. The maximum Gasteiger partial charge on any atom is 0.211 e. The van der Waals surface area contributed by atoms with Gasteiger partial charge in [-0.3, -0.25) is 0 Å². The van der Waals surface area contributed by atoms with Gasteiger partial charge in [-0.15, -0.1) is 0 Å². The lowest BCUT2D eigenvalue weighted by atomic mass is 10.0. The molecule has 1 unspecified atom stereocenters. The van der Waals surface area contributed by atoms with E-state index >= 15 is 0 Å². The molecule has 1 aromatic carbocycles. The smallest absolute Gasteiger partial charge is 0.211 e. The number of benzene rings is 1. The molecule has 2 rings (SSSR count). The third-order valence-electron chi connectivity index (χ3n) is 3.76. The van der Waals surface area contributed by atoms with Crippen LogP contribution in [-0.2, 0) is 10.0 Å². The Hall–Kier alpha value is -0.620. The van der Waals surface area contributed by atoms with Gasteiger partial charge < -0.3 is 5.32 Å². The number of rotatable bonds is 4. The van der Waals surface area contributed by atoms with Gasteiger partial charge in [0.1, 0.15) is 0 Å². The number of nitrogens with zero attached hydrogens (tertiary/aromatic N) is 1. The monoisotopic (exact) mass is 316 g/mol. The third kappa shape index (κ3) is 4.19. The summed E-state index contributed by atoms with van der Waals surface area (Å²) < 4.78 is 24.5. The summed E-state index contributed by atoms with van der Waals surface area (Å²) in [5, 5.41) is 4.29. The summed E-state index contributed by atoms with van der Waals surface area (Å²) in [5.74, 6) is 0. The minimum atomic E-state index is -3.05. The van der Waals surface area contributed by atoms with Crippen LogP contribution in [0.1, 0.15) is 31.4 Å². The van der Waals surface area contributed by atoms with Crippen molar-refractivity contribution in [1.82, 2.24) is 9.62 Å². The molecule has 112 valence electrons. The van der Waals surface area contributed by atoms with E-state index in [1.165, 1.54) is 6.26 Å². The predicted octanol–water partition coefficient (Wildman–Crippen LogP) is 2.41. The molecule has 1 aliphatic heterocycles. The highest BCUT2D eigenvalue weighted by atomic mass is 35.5.